The Bertz CT molecular complexity index is 775. The molecule has 1 heterocycles. The van der Waals surface area contributed by atoms with Crippen LogP contribution in [0.2, 0.25) is 0 Å². The van der Waals surface area contributed by atoms with Gasteiger partial charge in [0.05, 0.1) is 11.9 Å². The Labute approximate surface area is 121 Å². The molecule has 3 rings (SSSR count). The van der Waals surface area contributed by atoms with Gasteiger partial charge >= 0.3 is 5.97 Å². The fraction of sp³-hybridized carbons (Fsp3) is 0.125. The van der Waals surface area contributed by atoms with Crippen molar-refractivity contribution >= 4 is 22.4 Å². The molecule has 0 saturated carbocycles. The van der Waals surface area contributed by atoms with Crippen molar-refractivity contribution in [2.45, 2.75) is 13.2 Å². The fourth-order valence-electron chi connectivity index (χ4n) is 2.22. The van der Waals surface area contributed by atoms with Gasteiger partial charge in [-0.3, -0.25) is 9.48 Å². The van der Waals surface area contributed by atoms with Crippen LogP contribution in [-0.2, 0) is 22.7 Å². The molecule has 5 nitrogen and oxygen atoms in total. The number of esters is 1. The summed E-state index contributed by atoms with van der Waals surface area (Å²) in [6.07, 6.45) is 3.09. The molecular weight excluding hydrogens is 266 g/mol. The summed E-state index contributed by atoms with van der Waals surface area (Å²) in [6, 6.07) is 14.0. The lowest BCUT2D eigenvalue weighted by molar-refractivity contribution is -0.145. The summed E-state index contributed by atoms with van der Waals surface area (Å²) in [6.45, 7) is 0.304. The number of rotatable bonds is 4. The lowest BCUT2D eigenvalue weighted by Crippen LogP contribution is -2.13. The first-order chi connectivity index (χ1) is 10.2. The predicted molar refractivity (Wildman–Crippen MR) is 80.4 cm³/mol. The number of nitrogens with zero attached hydrogens (tertiary/aromatic N) is 2. The Balaban J connectivity index is 1.67. The normalized spacial score (nSPS) is 10.7. The highest BCUT2D eigenvalue weighted by atomic mass is 16.5. The number of ether oxygens (including phenoxy) is 1. The largest absolute Gasteiger partial charge is 0.459 e. The van der Waals surface area contributed by atoms with Crippen LogP contribution in [0.1, 0.15) is 5.56 Å². The third-order valence-electron chi connectivity index (χ3n) is 3.21. The Kier molecular flexibility index (Phi) is 3.55. The van der Waals surface area contributed by atoms with Crippen molar-refractivity contribution in [3.05, 3.63) is 60.4 Å². The monoisotopic (exact) mass is 281 g/mol. The van der Waals surface area contributed by atoms with Gasteiger partial charge in [0.1, 0.15) is 13.2 Å². The number of anilines is 1. The number of hydrogen-bond donors (Lipinski definition) is 1. The maximum absolute atomic E-state index is 11.8. The van der Waals surface area contributed by atoms with Crippen molar-refractivity contribution in [1.82, 2.24) is 9.78 Å². The molecule has 0 fully saturated rings. The molecule has 0 aliphatic rings. The quantitative estimate of drug-likeness (QED) is 0.745. The van der Waals surface area contributed by atoms with E-state index in [0.717, 1.165) is 16.3 Å². The van der Waals surface area contributed by atoms with Crippen LogP contribution in [0, 0.1) is 0 Å². The van der Waals surface area contributed by atoms with Gasteiger partial charge in [0, 0.05) is 6.20 Å². The molecular formula is C16H15N3O2. The molecule has 106 valence electrons. The number of nitrogen functional groups attached to an aromatic ring is 1. The number of benzene rings is 2. The maximum Gasteiger partial charge on any atom is 0.328 e. The van der Waals surface area contributed by atoms with Crippen molar-refractivity contribution in [1.29, 1.82) is 0 Å². The SMILES string of the molecule is Nc1cnn(CC(=O)OCc2cccc3ccccc23)c1. The van der Waals surface area contributed by atoms with Gasteiger partial charge in [-0.05, 0) is 16.3 Å². The molecule has 0 aliphatic heterocycles. The maximum atomic E-state index is 11.8. The van der Waals surface area contributed by atoms with Crippen LogP contribution in [0.25, 0.3) is 10.8 Å². The van der Waals surface area contributed by atoms with Crippen LogP contribution < -0.4 is 5.73 Å². The number of hydrogen-bond acceptors (Lipinski definition) is 4. The molecule has 0 saturated heterocycles. The highest BCUT2D eigenvalue weighted by molar-refractivity contribution is 5.85. The van der Waals surface area contributed by atoms with Crippen molar-refractivity contribution in [3.8, 4) is 0 Å². The Morgan fingerprint density at radius 3 is 2.81 bits per heavy atom. The highest BCUT2D eigenvalue weighted by Crippen LogP contribution is 2.19. The Morgan fingerprint density at radius 2 is 2.00 bits per heavy atom. The zero-order valence-corrected chi connectivity index (χ0v) is 11.4. The lowest BCUT2D eigenvalue weighted by atomic mass is 10.1. The molecule has 0 aliphatic carbocycles. The molecule has 0 atom stereocenters. The number of fused-ring (bicyclic) bond motifs is 1. The lowest BCUT2D eigenvalue weighted by Gasteiger charge is -2.08. The van der Waals surface area contributed by atoms with E-state index in [1.807, 2.05) is 42.5 Å². The summed E-state index contributed by atoms with van der Waals surface area (Å²) in [5.41, 5.74) is 7.06. The van der Waals surface area contributed by atoms with Crippen LogP contribution in [0.5, 0.6) is 0 Å². The van der Waals surface area contributed by atoms with E-state index in [2.05, 4.69) is 5.10 Å². The second-order valence-electron chi connectivity index (χ2n) is 4.77. The Morgan fingerprint density at radius 1 is 1.19 bits per heavy atom. The fourth-order valence-corrected chi connectivity index (χ4v) is 2.22. The van der Waals surface area contributed by atoms with Crippen molar-refractivity contribution < 1.29 is 9.53 Å². The number of aromatic nitrogens is 2. The number of carbonyl (C=O) groups excluding carboxylic acids is 1. The van der Waals surface area contributed by atoms with E-state index in [0.29, 0.717) is 5.69 Å². The zero-order valence-electron chi connectivity index (χ0n) is 11.4. The topological polar surface area (TPSA) is 70.1 Å². The van der Waals surface area contributed by atoms with E-state index in [4.69, 9.17) is 10.5 Å². The van der Waals surface area contributed by atoms with Gasteiger partial charge in [-0.2, -0.15) is 5.10 Å². The second kappa shape index (κ2) is 5.66. The summed E-state index contributed by atoms with van der Waals surface area (Å²) in [7, 11) is 0. The number of carbonyl (C=O) groups is 1. The first-order valence-corrected chi connectivity index (χ1v) is 6.62. The zero-order chi connectivity index (χ0) is 14.7. The van der Waals surface area contributed by atoms with Crippen LogP contribution in [-0.4, -0.2) is 15.7 Å². The van der Waals surface area contributed by atoms with E-state index < -0.39 is 0 Å². The van der Waals surface area contributed by atoms with Gasteiger partial charge in [0.2, 0.25) is 0 Å². The molecule has 0 spiro atoms. The summed E-state index contributed by atoms with van der Waals surface area (Å²) in [4.78, 5) is 11.8. The van der Waals surface area contributed by atoms with Crippen LogP contribution >= 0.6 is 0 Å². The third kappa shape index (κ3) is 3.02. The predicted octanol–water partition coefficient (Wildman–Crippen LogP) is 2.36. The average Bonchev–Trinajstić information content (AvgIpc) is 2.90. The van der Waals surface area contributed by atoms with E-state index in [1.165, 1.54) is 10.9 Å². The number of nitrogens with two attached hydrogens (primary N) is 1. The summed E-state index contributed by atoms with van der Waals surface area (Å²) >= 11 is 0. The van der Waals surface area contributed by atoms with E-state index in [9.17, 15) is 4.79 Å². The second-order valence-corrected chi connectivity index (χ2v) is 4.77. The van der Waals surface area contributed by atoms with Gasteiger partial charge in [-0.15, -0.1) is 0 Å². The van der Waals surface area contributed by atoms with Crippen LogP contribution in [0.15, 0.2) is 54.9 Å². The van der Waals surface area contributed by atoms with Crippen LogP contribution in [0.4, 0.5) is 5.69 Å². The van der Waals surface area contributed by atoms with E-state index in [-0.39, 0.29) is 19.1 Å². The van der Waals surface area contributed by atoms with Crippen molar-refractivity contribution in [2.75, 3.05) is 5.73 Å². The minimum Gasteiger partial charge on any atom is -0.459 e. The minimum atomic E-state index is -0.342. The van der Waals surface area contributed by atoms with Crippen molar-refractivity contribution in [3.63, 3.8) is 0 Å². The summed E-state index contributed by atoms with van der Waals surface area (Å²) in [5.74, 6) is -0.342. The van der Waals surface area contributed by atoms with Crippen molar-refractivity contribution in [2.24, 2.45) is 0 Å². The summed E-state index contributed by atoms with van der Waals surface area (Å²) in [5, 5.41) is 6.18. The first kappa shape index (κ1) is 13.2. The van der Waals surface area contributed by atoms with Gasteiger partial charge in [-0.25, -0.2) is 0 Å². The highest BCUT2D eigenvalue weighted by Gasteiger charge is 2.07. The molecule has 2 aromatic carbocycles. The third-order valence-corrected chi connectivity index (χ3v) is 3.21. The molecule has 2 N–H and O–H groups in total. The Hall–Kier alpha value is -2.82. The van der Waals surface area contributed by atoms with Gasteiger partial charge in [0.25, 0.3) is 0 Å². The van der Waals surface area contributed by atoms with Gasteiger partial charge in [0.15, 0.2) is 0 Å². The standard InChI is InChI=1S/C16H15N3O2/c17-14-8-18-19(9-14)10-16(20)21-11-13-6-3-5-12-4-1-2-7-15(12)13/h1-9H,10-11,17H2. The van der Waals surface area contributed by atoms with Crippen LogP contribution in [0.3, 0.4) is 0 Å². The first-order valence-electron chi connectivity index (χ1n) is 6.62. The summed E-state index contributed by atoms with van der Waals surface area (Å²) < 4.78 is 6.77. The smallest absolute Gasteiger partial charge is 0.328 e. The molecule has 21 heavy (non-hydrogen) atoms. The van der Waals surface area contributed by atoms with Gasteiger partial charge < -0.3 is 10.5 Å². The molecule has 1 aromatic heterocycles. The molecule has 0 amide bonds. The average molecular weight is 281 g/mol. The molecule has 0 radical (unpaired) electrons. The van der Waals surface area contributed by atoms with Gasteiger partial charge in [-0.1, -0.05) is 42.5 Å². The molecule has 0 bridgehead atoms. The van der Waals surface area contributed by atoms with E-state index in [1.54, 1.807) is 6.20 Å². The molecule has 5 heteroatoms. The molecule has 0 unspecified atom stereocenters. The minimum absolute atomic E-state index is 0.0575. The van der Waals surface area contributed by atoms with E-state index >= 15 is 0 Å². The molecule has 3 aromatic rings.